The van der Waals surface area contributed by atoms with E-state index in [1.165, 1.54) is 19.2 Å². The number of allylic oxidation sites excluding steroid dienone is 8. The van der Waals surface area contributed by atoms with Crippen LogP contribution in [0.3, 0.4) is 0 Å². The second kappa shape index (κ2) is 31.3. The smallest absolute Gasteiger partial charge is 0.335 e. The number of rotatable bonds is 37. The van der Waals surface area contributed by atoms with E-state index in [9.17, 15) is 79.9 Å². The monoisotopic (exact) mass is 1400 g/mol. The first-order valence-corrected chi connectivity index (χ1v) is 36.0. The zero-order valence-electron chi connectivity index (χ0n) is 51.0. The van der Waals surface area contributed by atoms with Crippen molar-refractivity contribution < 1.29 is 122 Å². The fourth-order valence-corrected chi connectivity index (χ4v) is 14.4. The van der Waals surface area contributed by atoms with E-state index in [1.807, 2.05) is 11.8 Å². The van der Waals surface area contributed by atoms with Crippen LogP contribution in [0.1, 0.15) is 50.7 Å². The third-order valence-electron chi connectivity index (χ3n) is 15.4. The molecule has 0 radical (unpaired) electrons. The van der Waals surface area contributed by atoms with Crippen LogP contribution in [0.5, 0.6) is 11.8 Å². The summed E-state index contributed by atoms with van der Waals surface area (Å²) in [6, 6.07) is 11.6. The highest BCUT2D eigenvalue weighted by Crippen LogP contribution is 2.54. The van der Waals surface area contributed by atoms with Gasteiger partial charge in [-0.2, -0.15) is 46.7 Å². The van der Waals surface area contributed by atoms with Gasteiger partial charge in [0.25, 0.3) is 50.6 Å². The Labute approximate surface area is 538 Å². The summed E-state index contributed by atoms with van der Waals surface area (Å²) >= 11 is 0. The molecule has 0 saturated carbocycles. The van der Waals surface area contributed by atoms with Gasteiger partial charge in [0.2, 0.25) is 17.4 Å². The molecule has 4 aromatic carbocycles. The lowest BCUT2D eigenvalue weighted by atomic mass is 9.74. The molecular formula is C59H74N3O26S5+. The third-order valence-corrected chi connectivity index (χ3v) is 19.6. The van der Waals surface area contributed by atoms with E-state index in [0.29, 0.717) is 70.6 Å². The summed E-state index contributed by atoms with van der Waals surface area (Å²) in [5.74, 6) is -2.50. The van der Waals surface area contributed by atoms with E-state index in [-0.39, 0.29) is 120 Å². The van der Waals surface area contributed by atoms with Gasteiger partial charge in [-0.05, 0) is 91.9 Å². The second-order valence-electron chi connectivity index (χ2n) is 21.6. The molecule has 0 aliphatic carbocycles. The van der Waals surface area contributed by atoms with E-state index < -0.39 is 104 Å². The lowest BCUT2D eigenvalue weighted by Gasteiger charge is -2.31. The largest absolute Gasteiger partial charge is 0.492 e. The number of fused-ring (bicyclic) bond motifs is 6. The molecular weight excluding hydrogens is 1330 g/mol. The molecule has 7 rings (SSSR count). The van der Waals surface area contributed by atoms with Crippen molar-refractivity contribution in [1.82, 2.24) is 4.73 Å². The van der Waals surface area contributed by atoms with Crippen molar-refractivity contribution in [3.05, 3.63) is 120 Å². The zero-order chi connectivity index (χ0) is 68.2. The van der Waals surface area contributed by atoms with Gasteiger partial charge in [0, 0.05) is 84.8 Å². The second-order valence-corrected chi connectivity index (χ2v) is 28.8. The van der Waals surface area contributed by atoms with E-state index >= 15 is 0 Å². The molecule has 3 heterocycles. The Morgan fingerprint density at radius 3 is 1.59 bits per heavy atom. The van der Waals surface area contributed by atoms with Gasteiger partial charge >= 0.3 is 5.97 Å². The number of anilines is 1. The number of aromatic hydroxyl groups is 2. The minimum absolute atomic E-state index is 0.00734. The molecule has 7 N–H and O–H groups in total. The average Bonchev–Trinajstić information content (AvgIpc) is 1.60. The number of benzene rings is 4. The highest BCUT2D eigenvalue weighted by Gasteiger charge is 2.49. The van der Waals surface area contributed by atoms with E-state index in [2.05, 4.69) is 0 Å². The maximum atomic E-state index is 13.0. The van der Waals surface area contributed by atoms with Crippen molar-refractivity contribution in [2.75, 3.05) is 117 Å². The fourth-order valence-electron chi connectivity index (χ4n) is 11.2. The molecule has 2 unspecified atom stereocenters. The lowest BCUT2D eigenvalue weighted by Crippen LogP contribution is -2.32. The number of aromatic nitrogens is 1. The van der Waals surface area contributed by atoms with Crippen LogP contribution in [0.4, 0.5) is 11.4 Å². The number of hydrogen-bond donors (Lipinski definition) is 7. The quantitative estimate of drug-likeness (QED) is 0.0114. The third kappa shape index (κ3) is 18.5. The normalized spacial score (nSPS) is 17.8. The number of carbonyl (C=O) groups is 1. The van der Waals surface area contributed by atoms with Gasteiger partial charge in [0.1, 0.15) is 16.4 Å². The molecule has 510 valence electrons. The minimum Gasteiger partial charge on any atom is -0.492 e. The highest BCUT2D eigenvalue weighted by atomic mass is 32.2. The molecule has 0 saturated heterocycles. The molecule has 0 bridgehead atoms. The van der Waals surface area contributed by atoms with Gasteiger partial charge in [0.15, 0.2) is 12.3 Å². The van der Waals surface area contributed by atoms with Crippen LogP contribution >= 0.6 is 0 Å². The van der Waals surface area contributed by atoms with Crippen molar-refractivity contribution in [1.29, 1.82) is 0 Å². The van der Waals surface area contributed by atoms with Gasteiger partial charge in [-0.3, -0.25) is 22.8 Å². The highest BCUT2D eigenvalue weighted by molar-refractivity contribution is 7.87. The maximum Gasteiger partial charge on any atom is 0.335 e. The van der Waals surface area contributed by atoms with Crippen LogP contribution in [-0.2, 0) is 99.4 Å². The Kier molecular flexibility index (Phi) is 24.9. The summed E-state index contributed by atoms with van der Waals surface area (Å²) in [6.45, 7) is 5.56. The average molecular weight is 1400 g/mol. The molecule has 0 amide bonds. The number of ether oxygens (including phenoxy) is 7. The summed E-state index contributed by atoms with van der Waals surface area (Å²) in [5.41, 5.74) is 0.121. The van der Waals surface area contributed by atoms with Crippen molar-refractivity contribution in [3.8, 4) is 11.8 Å². The molecule has 0 fully saturated rings. The fraction of sp³-hybridized carbons (Fsp3) is 0.424. The van der Waals surface area contributed by atoms with Crippen molar-refractivity contribution in [2.45, 2.75) is 69.9 Å². The molecule has 2 aliphatic rings. The van der Waals surface area contributed by atoms with Crippen LogP contribution in [0.15, 0.2) is 128 Å². The molecule has 29 nitrogen and oxygen atoms in total. The standard InChI is InChI=1S/C59H73N3O26S5/c1-58(20-10-36-89(66,67)68)51(60(22-26-81-3)47-15-13-43-45(56(47)58)37-41(90(69,70)71)39-49(43)92(75,76)77)11-8-6-5-7-9-12-52-59(2,21-25-84-31-33-87-35-34-86-29-28-82-4)57-46-38-42(91(72,73)74)40-50(93(78,79)80)44(46)14-16-48(57)61(52)23-27-85-32-30-83-24-19-55(65)88-62-53(63)17-18-54(62)64/h5-9,11-18,37-40H,10,19-36H2,1-4H3,(H6-,63,64,66,67,68,69,70,71,72,73,74,75,76,77,78,79,80)/p+1. The molecule has 34 heteroatoms. The SMILES string of the molecule is COCCOCCOCCOCCC1(C)C(=CC=CC=CC=CC2=[N+](CCOC)c3ccc4c(S(=O)(=O)O)cc(S(=O)(=O)O)cc4c3C2(C)CCCS(=O)(=O)O)N(CCOCCOCCC(=O)On2c(O)ccc2O)c2ccc3c(S(=O)(=O)O)cc(S(=O)(=O)O)cc3c21. The van der Waals surface area contributed by atoms with Gasteiger partial charge < -0.3 is 53.1 Å². The Hall–Kier alpha value is -6.55. The predicted octanol–water partition coefficient (Wildman–Crippen LogP) is 5.36. The number of carbonyl (C=O) groups excluding carboxylic acids is 1. The van der Waals surface area contributed by atoms with Gasteiger partial charge in [0.05, 0.1) is 93.4 Å². The van der Waals surface area contributed by atoms with Gasteiger partial charge in [-0.15, -0.1) is 4.73 Å². The summed E-state index contributed by atoms with van der Waals surface area (Å²) < 4.78 is 219. The Morgan fingerprint density at radius 1 is 0.538 bits per heavy atom. The molecule has 2 atom stereocenters. The molecule has 5 aromatic rings. The predicted molar refractivity (Wildman–Crippen MR) is 337 cm³/mol. The summed E-state index contributed by atoms with van der Waals surface area (Å²) in [6.07, 6.45) is 11.4. The first-order chi connectivity index (χ1) is 43.8. The van der Waals surface area contributed by atoms with E-state index in [4.69, 9.17) is 38.0 Å². The van der Waals surface area contributed by atoms with E-state index in [1.54, 1.807) is 73.3 Å². The van der Waals surface area contributed by atoms with Crippen molar-refractivity contribution in [3.63, 3.8) is 0 Å². The molecule has 0 spiro atoms. The summed E-state index contributed by atoms with van der Waals surface area (Å²) in [7, 11) is -21.9. The number of hydrogen-bond acceptors (Lipinski definition) is 22. The van der Waals surface area contributed by atoms with Crippen LogP contribution in [0.2, 0.25) is 0 Å². The number of methoxy groups -OCH3 is 2. The molecule has 2 aliphatic heterocycles. The lowest BCUT2D eigenvalue weighted by molar-refractivity contribution is -0.441. The van der Waals surface area contributed by atoms with Gasteiger partial charge in [-0.1, -0.05) is 36.4 Å². The van der Waals surface area contributed by atoms with Crippen molar-refractivity contribution in [2.24, 2.45) is 0 Å². The minimum atomic E-state index is -5.13. The Bertz CT molecular complexity index is 4300. The van der Waals surface area contributed by atoms with Crippen LogP contribution in [0, 0.1) is 0 Å². The van der Waals surface area contributed by atoms with E-state index in [0.717, 1.165) is 24.3 Å². The van der Waals surface area contributed by atoms with Crippen LogP contribution < -0.4 is 9.74 Å². The first kappa shape index (κ1) is 73.9. The Morgan fingerprint density at radius 2 is 1.04 bits per heavy atom. The molecule has 93 heavy (non-hydrogen) atoms. The van der Waals surface area contributed by atoms with Crippen LogP contribution in [-0.4, -0.2) is 208 Å². The maximum absolute atomic E-state index is 13.0. The number of nitrogens with zero attached hydrogens (tertiary/aromatic N) is 3. The van der Waals surface area contributed by atoms with Crippen molar-refractivity contribution >= 4 is 95.2 Å². The first-order valence-electron chi connectivity index (χ1n) is 28.7. The molecule has 1 aromatic heterocycles. The zero-order valence-corrected chi connectivity index (χ0v) is 55.1. The van der Waals surface area contributed by atoms with Crippen LogP contribution in [0.25, 0.3) is 21.5 Å². The topological polar surface area (TPSA) is 414 Å². The summed E-state index contributed by atoms with van der Waals surface area (Å²) in [5, 5.41) is 19.4. The van der Waals surface area contributed by atoms with Gasteiger partial charge in [-0.25, -0.2) is 4.79 Å². The Balaban J connectivity index is 1.25. The summed E-state index contributed by atoms with van der Waals surface area (Å²) in [4.78, 5) is 15.9.